The predicted molar refractivity (Wildman–Crippen MR) is 88.1 cm³/mol. The number of hydrogen-bond acceptors (Lipinski definition) is 3. The van der Waals surface area contributed by atoms with E-state index >= 15 is 0 Å². The normalized spacial score (nSPS) is 21.0. The van der Waals surface area contributed by atoms with Crippen LogP contribution in [0.15, 0.2) is 4.99 Å². The third-order valence-corrected chi connectivity index (χ3v) is 4.22. The lowest BCUT2D eigenvalue weighted by molar-refractivity contribution is 0.0744. The summed E-state index contributed by atoms with van der Waals surface area (Å²) in [5.41, 5.74) is 0. The minimum absolute atomic E-state index is 0.112. The minimum Gasteiger partial charge on any atom is -0.379 e. The SMILES string of the molecule is CCNC(=NCCOCC1CC1)NC1CCN(CC(F)F)CC1. The van der Waals surface area contributed by atoms with Gasteiger partial charge in [-0.1, -0.05) is 0 Å². The van der Waals surface area contributed by atoms with Gasteiger partial charge < -0.3 is 15.4 Å². The monoisotopic (exact) mass is 332 g/mol. The van der Waals surface area contributed by atoms with Crippen LogP contribution >= 0.6 is 0 Å². The Hall–Kier alpha value is -0.950. The van der Waals surface area contributed by atoms with Crippen molar-refractivity contribution in [1.82, 2.24) is 15.5 Å². The third-order valence-electron chi connectivity index (χ3n) is 4.22. The summed E-state index contributed by atoms with van der Waals surface area (Å²) in [5, 5.41) is 6.65. The van der Waals surface area contributed by atoms with E-state index in [-0.39, 0.29) is 6.54 Å². The van der Waals surface area contributed by atoms with E-state index in [1.807, 2.05) is 11.8 Å². The van der Waals surface area contributed by atoms with E-state index in [9.17, 15) is 8.78 Å². The van der Waals surface area contributed by atoms with Gasteiger partial charge in [0, 0.05) is 32.3 Å². The smallest absolute Gasteiger partial charge is 0.251 e. The summed E-state index contributed by atoms with van der Waals surface area (Å²) in [4.78, 5) is 6.36. The zero-order valence-corrected chi connectivity index (χ0v) is 14.1. The fourth-order valence-electron chi connectivity index (χ4n) is 2.72. The van der Waals surface area contributed by atoms with Gasteiger partial charge in [-0.25, -0.2) is 8.78 Å². The van der Waals surface area contributed by atoms with E-state index in [1.165, 1.54) is 12.8 Å². The molecular weight excluding hydrogens is 302 g/mol. The molecule has 7 heteroatoms. The van der Waals surface area contributed by atoms with Gasteiger partial charge >= 0.3 is 0 Å². The van der Waals surface area contributed by atoms with Crippen LogP contribution in [0.25, 0.3) is 0 Å². The number of nitrogens with one attached hydrogen (secondary N) is 2. The van der Waals surface area contributed by atoms with Crippen molar-refractivity contribution in [3.63, 3.8) is 0 Å². The molecule has 0 amide bonds. The maximum atomic E-state index is 12.4. The first-order valence-electron chi connectivity index (χ1n) is 8.80. The second-order valence-corrected chi connectivity index (χ2v) is 6.39. The summed E-state index contributed by atoms with van der Waals surface area (Å²) < 4.78 is 30.4. The second kappa shape index (κ2) is 10.0. The molecule has 0 atom stereocenters. The first-order valence-corrected chi connectivity index (χ1v) is 8.80. The van der Waals surface area contributed by atoms with Crippen LogP contribution in [-0.2, 0) is 4.74 Å². The third kappa shape index (κ3) is 7.92. The molecule has 1 saturated heterocycles. The van der Waals surface area contributed by atoms with Gasteiger partial charge in [0.05, 0.1) is 19.7 Å². The Bertz CT molecular complexity index is 356. The molecule has 2 fully saturated rings. The summed E-state index contributed by atoms with van der Waals surface area (Å²) in [6.07, 6.45) is 2.11. The van der Waals surface area contributed by atoms with Gasteiger partial charge in [-0.2, -0.15) is 0 Å². The number of nitrogens with zero attached hydrogens (tertiary/aromatic N) is 2. The van der Waals surface area contributed by atoms with Gasteiger partial charge in [0.15, 0.2) is 5.96 Å². The molecule has 0 aromatic carbocycles. The van der Waals surface area contributed by atoms with Gasteiger partial charge in [-0.15, -0.1) is 0 Å². The highest BCUT2D eigenvalue weighted by atomic mass is 19.3. The lowest BCUT2D eigenvalue weighted by Gasteiger charge is -2.32. The van der Waals surface area contributed by atoms with Crippen LogP contribution in [0.2, 0.25) is 0 Å². The lowest BCUT2D eigenvalue weighted by atomic mass is 10.1. The van der Waals surface area contributed by atoms with Crippen molar-refractivity contribution in [2.75, 3.05) is 45.9 Å². The summed E-state index contributed by atoms with van der Waals surface area (Å²) in [7, 11) is 0. The largest absolute Gasteiger partial charge is 0.379 e. The molecule has 0 spiro atoms. The van der Waals surface area contributed by atoms with Crippen LogP contribution in [0.4, 0.5) is 8.78 Å². The van der Waals surface area contributed by atoms with Crippen molar-refractivity contribution in [3.05, 3.63) is 0 Å². The van der Waals surface area contributed by atoms with E-state index in [2.05, 4.69) is 15.6 Å². The van der Waals surface area contributed by atoms with Gasteiger partial charge in [-0.3, -0.25) is 9.89 Å². The Morgan fingerprint density at radius 3 is 2.61 bits per heavy atom. The number of piperidine rings is 1. The van der Waals surface area contributed by atoms with E-state index in [0.717, 1.165) is 37.9 Å². The molecule has 0 aromatic rings. The summed E-state index contributed by atoms with van der Waals surface area (Å²) in [5.74, 6) is 1.58. The van der Waals surface area contributed by atoms with Crippen LogP contribution in [0.5, 0.6) is 0 Å². The minimum atomic E-state index is -2.24. The average molecular weight is 332 g/mol. The van der Waals surface area contributed by atoms with Crippen molar-refractivity contribution in [3.8, 4) is 0 Å². The maximum Gasteiger partial charge on any atom is 0.251 e. The molecule has 2 aliphatic rings. The Kier molecular flexibility index (Phi) is 8.02. The highest BCUT2D eigenvalue weighted by molar-refractivity contribution is 5.80. The Morgan fingerprint density at radius 1 is 1.26 bits per heavy atom. The number of alkyl halides is 2. The zero-order chi connectivity index (χ0) is 16.5. The van der Waals surface area contributed by atoms with Gasteiger partial charge in [0.25, 0.3) is 6.43 Å². The van der Waals surface area contributed by atoms with Crippen LogP contribution in [0.3, 0.4) is 0 Å². The highest BCUT2D eigenvalue weighted by Gasteiger charge is 2.22. The van der Waals surface area contributed by atoms with Crippen LogP contribution < -0.4 is 10.6 Å². The second-order valence-electron chi connectivity index (χ2n) is 6.39. The number of ether oxygens (including phenoxy) is 1. The lowest BCUT2D eigenvalue weighted by Crippen LogP contribution is -2.49. The zero-order valence-electron chi connectivity index (χ0n) is 14.1. The Balaban J connectivity index is 1.64. The van der Waals surface area contributed by atoms with Gasteiger partial charge in [0.1, 0.15) is 0 Å². The van der Waals surface area contributed by atoms with Crippen LogP contribution in [-0.4, -0.2) is 69.3 Å². The molecule has 0 unspecified atom stereocenters. The number of guanidine groups is 1. The fourth-order valence-corrected chi connectivity index (χ4v) is 2.72. The molecule has 2 N–H and O–H groups in total. The fraction of sp³-hybridized carbons (Fsp3) is 0.938. The number of halogens is 2. The molecule has 0 radical (unpaired) electrons. The standard InChI is InChI=1S/C16H30F2N4O/c1-2-19-16(20-7-10-23-12-13-3-4-13)21-14-5-8-22(9-6-14)11-15(17)18/h13-15H,2-12H2,1H3,(H2,19,20,21). The van der Waals surface area contributed by atoms with Crippen molar-refractivity contribution in [2.45, 2.75) is 45.1 Å². The average Bonchev–Trinajstić information content (AvgIpc) is 3.33. The van der Waals surface area contributed by atoms with Crippen LogP contribution in [0, 0.1) is 5.92 Å². The van der Waals surface area contributed by atoms with Gasteiger partial charge in [0.2, 0.25) is 0 Å². The van der Waals surface area contributed by atoms with Gasteiger partial charge in [-0.05, 0) is 38.5 Å². The summed E-state index contributed by atoms with van der Waals surface area (Å²) in [6.45, 7) is 6.32. The molecule has 5 nitrogen and oxygen atoms in total. The number of hydrogen-bond donors (Lipinski definition) is 2. The van der Waals surface area contributed by atoms with Crippen molar-refractivity contribution in [2.24, 2.45) is 10.9 Å². The number of aliphatic imine (C=N–C) groups is 1. The molecule has 2 rings (SSSR count). The molecule has 1 aliphatic carbocycles. The quantitative estimate of drug-likeness (QED) is 0.383. The molecule has 0 aromatic heterocycles. The van der Waals surface area contributed by atoms with Crippen molar-refractivity contribution in [1.29, 1.82) is 0 Å². The molecular formula is C16H30F2N4O. The first-order chi connectivity index (χ1) is 11.2. The first kappa shape index (κ1) is 18.4. The highest BCUT2D eigenvalue weighted by Crippen LogP contribution is 2.28. The molecule has 0 bridgehead atoms. The summed E-state index contributed by atoms with van der Waals surface area (Å²) in [6, 6.07) is 0.300. The van der Waals surface area contributed by atoms with Crippen molar-refractivity contribution >= 4 is 5.96 Å². The van der Waals surface area contributed by atoms with E-state index in [0.29, 0.717) is 32.3 Å². The Labute approximate surface area is 137 Å². The molecule has 134 valence electrons. The van der Waals surface area contributed by atoms with E-state index in [1.54, 1.807) is 0 Å². The molecule has 23 heavy (non-hydrogen) atoms. The summed E-state index contributed by atoms with van der Waals surface area (Å²) >= 11 is 0. The topological polar surface area (TPSA) is 48.9 Å². The van der Waals surface area contributed by atoms with Crippen LogP contribution in [0.1, 0.15) is 32.6 Å². The molecule has 1 saturated carbocycles. The molecule has 1 aliphatic heterocycles. The van der Waals surface area contributed by atoms with Crippen molar-refractivity contribution < 1.29 is 13.5 Å². The molecule has 1 heterocycles. The number of rotatable bonds is 9. The Morgan fingerprint density at radius 2 is 2.00 bits per heavy atom. The van der Waals surface area contributed by atoms with E-state index < -0.39 is 6.43 Å². The maximum absolute atomic E-state index is 12.4. The number of likely N-dealkylation sites (tertiary alicyclic amines) is 1. The predicted octanol–water partition coefficient (Wildman–Crippen LogP) is 1.70. The van der Waals surface area contributed by atoms with E-state index in [4.69, 9.17) is 4.74 Å².